The normalized spacial score (nSPS) is 35.7. The first-order valence-corrected chi connectivity index (χ1v) is 7.57. The zero-order valence-corrected chi connectivity index (χ0v) is 12.8. The SMILES string of the molecule is COC(=O)[C@H]1C2C[C@H](O)C(C[C@H]1c1ccc(C)cc1)N2C. The van der Waals surface area contributed by atoms with Crippen LogP contribution in [0.5, 0.6) is 0 Å². The molecule has 2 aliphatic rings. The number of hydrogen-bond acceptors (Lipinski definition) is 4. The smallest absolute Gasteiger partial charge is 0.310 e. The second-order valence-corrected chi connectivity index (χ2v) is 6.41. The molecule has 2 saturated heterocycles. The van der Waals surface area contributed by atoms with Crippen molar-refractivity contribution in [3.8, 4) is 0 Å². The minimum absolute atomic E-state index is 0.0671. The molecule has 5 atom stereocenters. The number of benzene rings is 1. The van der Waals surface area contributed by atoms with Crippen molar-refractivity contribution in [2.45, 2.75) is 43.9 Å². The molecule has 0 saturated carbocycles. The van der Waals surface area contributed by atoms with Gasteiger partial charge in [0, 0.05) is 18.0 Å². The number of ether oxygens (including phenoxy) is 1. The summed E-state index contributed by atoms with van der Waals surface area (Å²) < 4.78 is 5.05. The molecule has 4 heteroatoms. The van der Waals surface area contributed by atoms with Crippen molar-refractivity contribution in [1.82, 2.24) is 4.90 Å². The van der Waals surface area contributed by atoms with E-state index in [0.29, 0.717) is 6.42 Å². The zero-order chi connectivity index (χ0) is 15.1. The summed E-state index contributed by atoms with van der Waals surface area (Å²) in [5.74, 6) is -0.234. The van der Waals surface area contributed by atoms with Gasteiger partial charge < -0.3 is 9.84 Å². The average molecular weight is 289 g/mol. The lowest BCUT2D eigenvalue weighted by Gasteiger charge is -2.41. The van der Waals surface area contributed by atoms with Gasteiger partial charge in [-0.15, -0.1) is 0 Å². The summed E-state index contributed by atoms with van der Waals surface area (Å²) in [7, 11) is 3.46. The molecule has 2 fully saturated rings. The first-order valence-electron chi connectivity index (χ1n) is 7.57. The number of aliphatic hydroxyl groups excluding tert-OH is 1. The van der Waals surface area contributed by atoms with Gasteiger partial charge in [-0.25, -0.2) is 0 Å². The number of carbonyl (C=O) groups excluding carboxylic acids is 1. The summed E-state index contributed by atoms with van der Waals surface area (Å²) >= 11 is 0. The number of carbonyl (C=O) groups is 1. The van der Waals surface area contributed by atoms with E-state index >= 15 is 0 Å². The third-order valence-electron chi connectivity index (χ3n) is 5.30. The number of esters is 1. The molecule has 21 heavy (non-hydrogen) atoms. The molecule has 2 heterocycles. The van der Waals surface area contributed by atoms with E-state index in [0.717, 1.165) is 6.42 Å². The fourth-order valence-electron chi connectivity index (χ4n) is 4.10. The van der Waals surface area contributed by atoms with Crippen molar-refractivity contribution >= 4 is 5.97 Å². The van der Waals surface area contributed by atoms with Crippen LogP contribution in [-0.4, -0.2) is 48.3 Å². The van der Waals surface area contributed by atoms with Gasteiger partial charge in [0.25, 0.3) is 0 Å². The monoisotopic (exact) mass is 289 g/mol. The van der Waals surface area contributed by atoms with E-state index in [9.17, 15) is 9.90 Å². The van der Waals surface area contributed by atoms with Crippen LogP contribution in [0.15, 0.2) is 24.3 Å². The highest BCUT2D eigenvalue weighted by Crippen LogP contribution is 2.46. The Morgan fingerprint density at radius 1 is 1.24 bits per heavy atom. The second-order valence-electron chi connectivity index (χ2n) is 6.41. The summed E-state index contributed by atoms with van der Waals surface area (Å²) in [5, 5.41) is 10.3. The lowest BCUT2D eigenvalue weighted by Crippen LogP contribution is -2.49. The number of rotatable bonds is 2. The molecular formula is C17H23NO3. The maximum absolute atomic E-state index is 12.3. The van der Waals surface area contributed by atoms with E-state index in [1.165, 1.54) is 18.2 Å². The molecule has 114 valence electrons. The minimum Gasteiger partial charge on any atom is -0.469 e. The maximum atomic E-state index is 12.3. The first kappa shape index (κ1) is 14.5. The summed E-state index contributed by atoms with van der Waals surface area (Å²) in [6.07, 6.45) is 1.11. The fourth-order valence-corrected chi connectivity index (χ4v) is 4.10. The first-order chi connectivity index (χ1) is 10.0. The zero-order valence-electron chi connectivity index (χ0n) is 12.8. The molecule has 0 spiro atoms. The van der Waals surface area contributed by atoms with Crippen molar-refractivity contribution in [3.63, 3.8) is 0 Å². The number of aliphatic hydroxyl groups is 1. The molecule has 3 rings (SSSR count). The van der Waals surface area contributed by atoms with Gasteiger partial charge in [0.15, 0.2) is 0 Å². The Kier molecular flexibility index (Phi) is 3.76. The molecule has 0 radical (unpaired) electrons. The summed E-state index contributed by atoms with van der Waals surface area (Å²) in [4.78, 5) is 14.5. The van der Waals surface area contributed by atoms with Crippen LogP contribution >= 0.6 is 0 Å². The fraction of sp³-hybridized carbons (Fsp3) is 0.588. The van der Waals surface area contributed by atoms with Crippen molar-refractivity contribution in [2.75, 3.05) is 14.2 Å². The van der Waals surface area contributed by atoms with Gasteiger partial charge in [-0.2, -0.15) is 0 Å². The number of aryl methyl sites for hydroxylation is 1. The number of fused-ring (bicyclic) bond motifs is 2. The molecule has 1 N–H and O–H groups in total. The number of nitrogens with zero attached hydrogens (tertiary/aromatic N) is 1. The van der Waals surface area contributed by atoms with Gasteiger partial charge >= 0.3 is 5.97 Å². The van der Waals surface area contributed by atoms with E-state index in [4.69, 9.17) is 4.74 Å². The van der Waals surface area contributed by atoms with Crippen molar-refractivity contribution in [1.29, 1.82) is 0 Å². The van der Waals surface area contributed by atoms with Crippen LogP contribution in [0.4, 0.5) is 0 Å². The Labute approximate surface area is 125 Å². The standard InChI is InChI=1S/C17H23NO3/c1-10-4-6-11(7-5-10)12-8-13-15(19)9-14(18(13)2)16(12)17(20)21-3/h4-7,12-16,19H,8-9H2,1-3H3/t12-,13?,14?,15-,16+/m0/s1. The van der Waals surface area contributed by atoms with E-state index in [-0.39, 0.29) is 36.0 Å². The molecular weight excluding hydrogens is 266 g/mol. The van der Waals surface area contributed by atoms with Gasteiger partial charge in [0.2, 0.25) is 0 Å². The predicted octanol–water partition coefficient (Wildman–Crippen LogP) is 1.71. The molecule has 2 unspecified atom stereocenters. The van der Waals surface area contributed by atoms with Gasteiger partial charge in [-0.3, -0.25) is 9.69 Å². The van der Waals surface area contributed by atoms with Crippen LogP contribution in [-0.2, 0) is 9.53 Å². The summed E-state index contributed by atoms with van der Waals surface area (Å²) in [5.41, 5.74) is 2.39. The molecule has 0 aliphatic carbocycles. The topological polar surface area (TPSA) is 49.8 Å². The van der Waals surface area contributed by atoms with E-state index in [1.54, 1.807) is 0 Å². The molecule has 1 aromatic carbocycles. The Hall–Kier alpha value is -1.39. The Balaban J connectivity index is 1.97. The van der Waals surface area contributed by atoms with E-state index < -0.39 is 0 Å². The number of likely N-dealkylation sites (N-methyl/N-ethyl adjacent to an activating group) is 1. The molecule has 0 amide bonds. The Morgan fingerprint density at radius 2 is 1.90 bits per heavy atom. The largest absolute Gasteiger partial charge is 0.469 e. The van der Waals surface area contributed by atoms with Gasteiger partial charge in [0.1, 0.15) is 0 Å². The third kappa shape index (κ3) is 2.36. The van der Waals surface area contributed by atoms with Crippen LogP contribution in [0.2, 0.25) is 0 Å². The number of methoxy groups -OCH3 is 1. The molecule has 4 nitrogen and oxygen atoms in total. The van der Waals surface area contributed by atoms with Crippen LogP contribution in [0.3, 0.4) is 0 Å². The second kappa shape index (κ2) is 5.43. The van der Waals surface area contributed by atoms with Crippen LogP contribution in [0.1, 0.15) is 29.9 Å². The Bertz CT molecular complexity index is 527. The Morgan fingerprint density at radius 3 is 2.52 bits per heavy atom. The van der Waals surface area contributed by atoms with Crippen LogP contribution in [0, 0.1) is 12.8 Å². The van der Waals surface area contributed by atoms with Crippen LogP contribution < -0.4 is 0 Å². The van der Waals surface area contributed by atoms with Gasteiger partial charge in [0.05, 0.1) is 19.1 Å². The van der Waals surface area contributed by atoms with Crippen molar-refractivity contribution < 1.29 is 14.6 Å². The summed E-state index contributed by atoms with van der Waals surface area (Å²) in [6, 6.07) is 8.58. The number of hydrogen-bond donors (Lipinski definition) is 1. The van der Waals surface area contributed by atoms with Crippen LogP contribution in [0.25, 0.3) is 0 Å². The van der Waals surface area contributed by atoms with Gasteiger partial charge in [-0.05, 0) is 32.4 Å². The maximum Gasteiger partial charge on any atom is 0.310 e. The predicted molar refractivity (Wildman–Crippen MR) is 80.0 cm³/mol. The lowest BCUT2D eigenvalue weighted by molar-refractivity contribution is -0.150. The highest BCUT2D eigenvalue weighted by molar-refractivity contribution is 5.75. The minimum atomic E-state index is -0.345. The van der Waals surface area contributed by atoms with E-state index in [2.05, 4.69) is 36.1 Å². The number of piperidine rings is 1. The van der Waals surface area contributed by atoms with Gasteiger partial charge in [-0.1, -0.05) is 29.8 Å². The van der Waals surface area contributed by atoms with E-state index in [1.807, 2.05) is 7.05 Å². The van der Waals surface area contributed by atoms with Crippen molar-refractivity contribution in [2.24, 2.45) is 5.92 Å². The third-order valence-corrected chi connectivity index (χ3v) is 5.30. The van der Waals surface area contributed by atoms with Crippen molar-refractivity contribution in [3.05, 3.63) is 35.4 Å². The average Bonchev–Trinajstić information content (AvgIpc) is 2.66. The highest BCUT2D eigenvalue weighted by Gasteiger charge is 2.53. The molecule has 1 aromatic rings. The highest BCUT2D eigenvalue weighted by atomic mass is 16.5. The molecule has 2 aliphatic heterocycles. The molecule has 0 aromatic heterocycles. The summed E-state index contributed by atoms with van der Waals surface area (Å²) in [6.45, 7) is 2.06. The quantitative estimate of drug-likeness (QED) is 0.842. The lowest BCUT2D eigenvalue weighted by atomic mass is 9.76. The molecule has 2 bridgehead atoms.